The van der Waals surface area contributed by atoms with Crippen LogP contribution in [-0.4, -0.2) is 22.8 Å². The van der Waals surface area contributed by atoms with Gasteiger partial charge in [-0.25, -0.2) is 4.39 Å². The molecular weight excluding hydrogens is 367 g/mol. The summed E-state index contributed by atoms with van der Waals surface area (Å²) in [5, 5.41) is 3.00. The van der Waals surface area contributed by atoms with Gasteiger partial charge in [-0.15, -0.1) is 0 Å². The molecule has 2 aromatic carbocycles. The van der Waals surface area contributed by atoms with E-state index in [4.69, 9.17) is 0 Å². The molecule has 2 aliphatic rings. The number of nitrogens with zero attached hydrogens (tertiary/aromatic N) is 1. The first kappa shape index (κ1) is 19.6. The Morgan fingerprint density at radius 2 is 1.69 bits per heavy atom. The molecule has 0 heterocycles. The van der Waals surface area contributed by atoms with E-state index < -0.39 is 0 Å². The van der Waals surface area contributed by atoms with Gasteiger partial charge in [-0.3, -0.25) is 9.59 Å². The number of halogens is 1. The molecule has 2 saturated carbocycles. The van der Waals surface area contributed by atoms with Crippen molar-refractivity contribution in [3.8, 4) is 0 Å². The van der Waals surface area contributed by atoms with Crippen LogP contribution < -0.4 is 5.32 Å². The third kappa shape index (κ3) is 5.03. The van der Waals surface area contributed by atoms with Gasteiger partial charge in [0.1, 0.15) is 5.82 Å². The number of benzene rings is 2. The largest absolute Gasteiger partial charge is 0.331 e. The highest BCUT2D eigenvalue weighted by atomic mass is 19.1. The van der Waals surface area contributed by atoms with Crippen LogP contribution in [0.2, 0.25) is 0 Å². The number of hydrogen-bond acceptors (Lipinski definition) is 2. The van der Waals surface area contributed by atoms with E-state index in [9.17, 15) is 14.0 Å². The molecular formula is C24H27FN2O2. The second kappa shape index (κ2) is 8.76. The summed E-state index contributed by atoms with van der Waals surface area (Å²) < 4.78 is 13.2. The van der Waals surface area contributed by atoms with Crippen molar-refractivity contribution >= 4 is 17.5 Å². The highest BCUT2D eigenvalue weighted by Crippen LogP contribution is 2.30. The molecule has 5 heteroatoms. The van der Waals surface area contributed by atoms with Crippen LogP contribution in [0.5, 0.6) is 0 Å². The van der Waals surface area contributed by atoms with Gasteiger partial charge in [0.15, 0.2) is 0 Å². The Morgan fingerprint density at radius 3 is 2.38 bits per heavy atom. The summed E-state index contributed by atoms with van der Waals surface area (Å²) in [6, 6.07) is 13.7. The van der Waals surface area contributed by atoms with Gasteiger partial charge in [0, 0.05) is 29.8 Å². The van der Waals surface area contributed by atoms with E-state index in [0.717, 1.165) is 44.1 Å². The van der Waals surface area contributed by atoms with Crippen molar-refractivity contribution in [2.45, 2.75) is 57.5 Å². The SMILES string of the molecule is O=C(Nc1cccc(C(=O)N(Cc2ccc(F)cc2)C2CC2)c1)C1CCCCC1. The smallest absolute Gasteiger partial charge is 0.254 e. The summed E-state index contributed by atoms with van der Waals surface area (Å²) in [7, 11) is 0. The van der Waals surface area contributed by atoms with Crippen LogP contribution in [0, 0.1) is 11.7 Å². The molecule has 0 bridgehead atoms. The number of hydrogen-bond donors (Lipinski definition) is 1. The van der Waals surface area contributed by atoms with E-state index in [0.29, 0.717) is 17.8 Å². The molecule has 0 aromatic heterocycles. The Balaban J connectivity index is 1.46. The van der Waals surface area contributed by atoms with Crippen molar-refractivity contribution in [2.24, 2.45) is 5.92 Å². The lowest BCUT2D eigenvalue weighted by atomic mass is 9.88. The van der Waals surface area contributed by atoms with Crippen molar-refractivity contribution in [1.82, 2.24) is 4.90 Å². The minimum absolute atomic E-state index is 0.0504. The predicted octanol–water partition coefficient (Wildman–Crippen LogP) is 5.15. The van der Waals surface area contributed by atoms with Crippen LogP contribution in [0.4, 0.5) is 10.1 Å². The van der Waals surface area contributed by atoms with Gasteiger partial charge >= 0.3 is 0 Å². The van der Waals surface area contributed by atoms with Crippen LogP contribution in [0.15, 0.2) is 48.5 Å². The van der Waals surface area contributed by atoms with Gasteiger partial charge in [0.2, 0.25) is 5.91 Å². The first-order valence-electron chi connectivity index (χ1n) is 10.6. The molecule has 4 rings (SSSR count). The summed E-state index contributed by atoms with van der Waals surface area (Å²) in [6.45, 7) is 0.461. The van der Waals surface area contributed by atoms with Crippen molar-refractivity contribution < 1.29 is 14.0 Å². The van der Waals surface area contributed by atoms with Crippen molar-refractivity contribution in [3.05, 3.63) is 65.5 Å². The number of anilines is 1. The molecule has 0 aliphatic heterocycles. The fourth-order valence-corrected chi connectivity index (χ4v) is 4.04. The van der Waals surface area contributed by atoms with Crippen molar-refractivity contribution in [3.63, 3.8) is 0 Å². The maximum atomic E-state index is 13.2. The average Bonchev–Trinajstić information content (AvgIpc) is 3.59. The lowest BCUT2D eigenvalue weighted by Gasteiger charge is -2.23. The molecule has 2 fully saturated rings. The van der Waals surface area contributed by atoms with Gasteiger partial charge in [-0.2, -0.15) is 0 Å². The highest BCUT2D eigenvalue weighted by molar-refractivity contribution is 5.98. The van der Waals surface area contributed by atoms with Crippen LogP contribution in [-0.2, 0) is 11.3 Å². The molecule has 0 atom stereocenters. The van der Waals surface area contributed by atoms with E-state index in [1.807, 2.05) is 17.0 Å². The molecule has 0 saturated heterocycles. The summed E-state index contributed by atoms with van der Waals surface area (Å²) in [6.07, 6.45) is 7.29. The van der Waals surface area contributed by atoms with Crippen molar-refractivity contribution in [2.75, 3.05) is 5.32 Å². The van der Waals surface area contributed by atoms with E-state index in [-0.39, 0.29) is 29.6 Å². The number of carbonyl (C=O) groups is 2. The zero-order chi connectivity index (χ0) is 20.2. The Kier molecular flexibility index (Phi) is 5.93. The summed E-state index contributed by atoms with van der Waals surface area (Å²) in [5.74, 6) is -0.200. The Morgan fingerprint density at radius 1 is 0.966 bits per heavy atom. The maximum Gasteiger partial charge on any atom is 0.254 e. The van der Waals surface area contributed by atoms with E-state index >= 15 is 0 Å². The molecule has 2 aromatic rings. The van der Waals surface area contributed by atoms with Crippen LogP contribution >= 0.6 is 0 Å². The molecule has 1 N–H and O–H groups in total. The fraction of sp³-hybridized carbons (Fsp3) is 0.417. The van der Waals surface area contributed by atoms with Crippen LogP contribution in [0.25, 0.3) is 0 Å². The topological polar surface area (TPSA) is 49.4 Å². The number of nitrogens with one attached hydrogen (secondary N) is 1. The average molecular weight is 394 g/mol. The second-order valence-electron chi connectivity index (χ2n) is 8.20. The monoisotopic (exact) mass is 394 g/mol. The summed E-state index contributed by atoms with van der Waals surface area (Å²) in [4.78, 5) is 27.6. The molecule has 0 spiro atoms. The molecule has 4 nitrogen and oxygen atoms in total. The molecule has 152 valence electrons. The molecule has 0 radical (unpaired) electrons. The zero-order valence-electron chi connectivity index (χ0n) is 16.6. The molecule has 2 amide bonds. The highest BCUT2D eigenvalue weighted by Gasteiger charge is 2.33. The van der Waals surface area contributed by atoms with Gasteiger partial charge < -0.3 is 10.2 Å². The first-order valence-corrected chi connectivity index (χ1v) is 10.6. The predicted molar refractivity (Wildman–Crippen MR) is 111 cm³/mol. The zero-order valence-corrected chi connectivity index (χ0v) is 16.6. The number of carbonyl (C=O) groups excluding carboxylic acids is 2. The fourth-order valence-electron chi connectivity index (χ4n) is 4.04. The third-order valence-electron chi connectivity index (χ3n) is 5.87. The quantitative estimate of drug-likeness (QED) is 0.737. The summed E-state index contributed by atoms with van der Waals surface area (Å²) >= 11 is 0. The number of amides is 2. The Labute approximate surface area is 171 Å². The minimum Gasteiger partial charge on any atom is -0.331 e. The molecule has 2 aliphatic carbocycles. The van der Waals surface area contributed by atoms with E-state index in [1.165, 1.54) is 18.6 Å². The normalized spacial score (nSPS) is 17.0. The maximum absolute atomic E-state index is 13.2. The molecule has 0 unspecified atom stereocenters. The lowest BCUT2D eigenvalue weighted by Crippen LogP contribution is -2.32. The van der Waals surface area contributed by atoms with E-state index in [2.05, 4.69) is 5.32 Å². The van der Waals surface area contributed by atoms with Crippen LogP contribution in [0.1, 0.15) is 60.9 Å². The van der Waals surface area contributed by atoms with Crippen molar-refractivity contribution in [1.29, 1.82) is 0 Å². The molecule has 29 heavy (non-hydrogen) atoms. The second-order valence-corrected chi connectivity index (χ2v) is 8.20. The van der Waals surface area contributed by atoms with Gasteiger partial charge in [-0.05, 0) is 61.6 Å². The minimum atomic E-state index is -0.278. The van der Waals surface area contributed by atoms with Gasteiger partial charge in [0.05, 0.1) is 0 Å². The first-order chi connectivity index (χ1) is 14.1. The van der Waals surface area contributed by atoms with Crippen LogP contribution in [0.3, 0.4) is 0 Å². The van der Waals surface area contributed by atoms with E-state index in [1.54, 1.807) is 24.3 Å². The standard InChI is InChI=1S/C24H27FN2O2/c25-20-11-9-17(10-12-20)16-27(22-13-14-22)24(29)19-7-4-8-21(15-19)26-23(28)18-5-2-1-3-6-18/h4,7-12,15,18,22H,1-3,5-6,13-14,16H2,(H,26,28). The number of rotatable bonds is 6. The lowest BCUT2D eigenvalue weighted by molar-refractivity contribution is -0.120. The summed E-state index contributed by atoms with van der Waals surface area (Å²) in [5.41, 5.74) is 2.15. The third-order valence-corrected chi connectivity index (χ3v) is 5.87. The van der Waals surface area contributed by atoms with Gasteiger partial charge in [-0.1, -0.05) is 37.5 Å². The Bertz CT molecular complexity index is 871. The van der Waals surface area contributed by atoms with Gasteiger partial charge in [0.25, 0.3) is 5.91 Å². The Hall–Kier alpha value is -2.69.